The summed E-state index contributed by atoms with van der Waals surface area (Å²) in [6, 6.07) is 4.94. The number of carbonyl (C=O) groups is 1. The second kappa shape index (κ2) is 6.72. The van der Waals surface area contributed by atoms with Crippen LogP contribution in [0.2, 0.25) is 0 Å². The van der Waals surface area contributed by atoms with E-state index in [0.717, 1.165) is 25.2 Å². The van der Waals surface area contributed by atoms with Crippen molar-refractivity contribution in [2.75, 3.05) is 32.8 Å². The number of amides is 1. The first-order valence-electron chi connectivity index (χ1n) is 7.02. The van der Waals surface area contributed by atoms with Crippen LogP contribution in [0.15, 0.2) is 18.2 Å². The number of nitrogens with one attached hydrogen (secondary N) is 1. The number of aryl methyl sites for hydroxylation is 1. The van der Waals surface area contributed by atoms with Gasteiger partial charge in [0.2, 0.25) is 0 Å². The topological polar surface area (TPSA) is 61.8 Å². The molecule has 0 bridgehead atoms. The zero-order valence-electron chi connectivity index (χ0n) is 12.1. The molecule has 0 spiro atoms. The molecule has 1 aromatic carbocycles. The zero-order valence-corrected chi connectivity index (χ0v) is 12.1. The molecule has 5 nitrogen and oxygen atoms in total. The van der Waals surface area contributed by atoms with Crippen molar-refractivity contribution in [2.45, 2.75) is 20.0 Å². The number of likely N-dealkylation sites (N-methyl/N-ethyl adjacent to an activating group) is 1. The lowest BCUT2D eigenvalue weighted by Gasteiger charge is -2.32. The summed E-state index contributed by atoms with van der Waals surface area (Å²) in [7, 11) is 0. The lowest BCUT2D eigenvalue weighted by atomic mass is 10.1. The van der Waals surface area contributed by atoms with Gasteiger partial charge >= 0.3 is 0 Å². The average molecular weight is 278 g/mol. The van der Waals surface area contributed by atoms with E-state index in [-0.39, 0.29) is 17.8 Å². The molecule has 0 aromatic heterocycles. The summed E-state index contributed by atoms with van der Waals surface area (Å²) in [4.78, 5) is 14.3. The van der Waals surface area contributed by atoms with Gasteiger partial charge in [0.15, 0.2) is 0 Å². The maximum absolute atomic E-state index is 12.0. The van der Waals surface area contributed by atoms with Gasteiger partial charge in [0.05, 0.1) is 12.7 Å². The number of benzene rings is 1. The van der Waals surface area contributed by atoms with Crippen LogP contribution in [-0.4, -0.2) is 54.8 Å². The van der Waals surface area contributed by atoms with Crippen molar-refractivity contribution in [3.63, 3.8) is 0 Å². The molecule has 0 aliphatic carbocycles. The normalized spacial score (nSPS) is 19.8. The number of aromatic hydroxyl groups is 1. The molecule has 110 valence electrons. The summed E-state index contributed by atoms with van der Waals surface area (Å²) < 4.78 is 5.63. The molecular formula is C15H22N2O3. The van der Waals surface area contributed by atoms with Gasteiger partial charge in [-0.1, -0.05) is 13.0 Å². The van der Waals surface area contributed by atoms with Gasteiger partial charge in [-0.15, -0.1) is 0 Å². The number of hydrogen-bond donors (Lipinski definition) is 2. The Kier molecular flexibility index (Phi) is 4.98. The molecule has 2 rings (SSSR count). The zero-order chi connectivity index (χ0) is 14.5. The number of nitrogens with zero attached hydrogens (tertiary/aromatic N) is 1. The predicted octanol–water partition coefficient (Wildman–Crippen LogP) is 1.15. The molecule has 1 saturated heterocycles. The number of phenolic OH excluding ortho intramolecular Hbond substituents is 1. The van der Waals surface area contributed by atoms with Gasteiger partial charge in [0, 0.05) is 25.2 Å². The standard InChI is InChI=1S/C15H22N2O3/c1-3-17-6-7-20-13(10-17)9-16-15(19)12-5-4-11(2)14(18)8-12/h4-5,8,13,18H,3,6-7,9-10H2,1-2H3,(H,16,19). The summed E-state index contributed by atoms with van der Waals surface area (Å²) >= 11 is 0. The van der Waals surface area contributed by atoms with Crippen LogP contribution in [0.4, 0.5) is 0 Å². The lowest BCUT2D eigenvalue weighted by molar-refractivity contribution is -0.0246. The van der Waals surface area contributed by atoms with Gasteiger partial charge in [-0.25, -0.2) is 0 Å². The van der Waals surface area contributed by atoms with Crippen LogP contribution in [0.1, 0.15) is 22.8 Å². The van der Waals surface area contributed by atoms with Gasteiger partial charge in [0.25, 0.3) is 5.91 Å². The van der Waals surface area contributed by atoms with Gasteiger partial charge < -0.3 is 15.2 Å². The highest BCUT2D eigenvalue weighted by molar-refractivity contribution is 5.94. The minimum absolute atomic E-state index is 0.0340. The Morgan fingerprint density at radius 2 is 2.35 bits per heavy atom. The number of carbonyl (C=O) groups excluding carboxylic acids is 1. The number of phenols is 1. The molecule has 0 radical (unpaired) electrons. The number of ether oxygens (including phenoxy) is 1. The highest BCUT2D eigenvalue weighted by Crippen LogP contribution is 2.17. The monoisotopic (exact) mass is 278 g/mol. The molecule has 20 heavy (non-hydrogen) atoms. The molecule has 1 fully saturated rings. The molecular weight excluding hydrogens is 256 g/mol. The van der Waals surface area contributed by atoms with E-state index in [1.165, 1.54) is 6.07 Å². The Bertz CT molecular complexity index is 476. The maximum atomic E-state index is 12.0. The summed E-state index contributed by atoms with van der Waals surface area (Å²) in [6.07, 6.45) is 0.0340. The Labute approximate surface area is 119 Å². The van der Waals surface area contributed by atoms with Crippen LogP contribution in [0, 0.1) is 6.92 Å². The third-order valence-electron chi connectivity index (χ3n) is 3.63. The van der Waals surface area contributed by atoms with Gasteiger partial charge in [0.1, 0.15) is 5.75 Å². The molecule has 1 aromatic rings. The van der Waals surface area contributed by atoms with Crippen molar-refractivity contribution in [1.29, 1.82) is 0 Å². The fraction of sp³-hybridized carbons (Fsp3) is 0.533. The van der Waals surface area contributed by atoms with Gasteiger partial charge in [-0.05, 0) is 31.2 Å². The Morgan fingerprint density at radius 1 is 1.55 bits per heavy atom. The van der Waals surface area contributed by atoms with Crippen LogP contribution in [0.25, 0.3) is 0 Å². The first-order valence-corrected chi connectivity index (χ1v) is 7.02. The molecule has 1 atom stereocenters. The van der Waals surface area contributed by atoms with Crippen molar-refractivity contribution in [2.24, 2.45) is 0 Å². The van der Waals surface area contributed by atoms with Crippen molar-refractivity contribution in [1.82, 2.24) is 10.2 Å². The molecule has 1 amide bonds. The predicted molar refractivity (Wildman–Crippen MR) is 77.0 cm³/mol. The fourth-order valence-corrected chi connectivity index (χ4v) is 2.25. The van der Waals surface area contributed by atoms with Gasteiger partial charge in [-0.3, -0.25) is 9.69 Å². The first kappa shape index (κ1) is 14.8. The van der Waals surface area contributed by atoms with Crippen LogP contribution in [0.5, 0.6) is 5.75 Å². The largest absolute Gasteiger partial charge is 0.508 e. The second-order valence-electron chi connectivity index (χ2n) is 5.10. The van der Waals surface area contributed by atoms with Crippen LogP contribution >= 0.6 is 0 Å². The third-order valence-corrected chi connectivity index (χ3v) is 3.63. The quantitative estimate of drug-likeness (QED) is 0.867. The Hall–Kier alpha value is -1.59. The smallest absolute Gasteiger partial charge is 0.251 e. The summed E-state index contributed by atoms with van der Waals surface area (Å²) in [5.41, 5.74) is 1.23. The SMILES string of the molecule is CCN1CCOC(CNC(=O)c2ccc(C)c(O)c2)C1. The first-order chi connectivity index (χ1) is 9.60. The van der Waals surface area contributed by atoms with Crippen molar-refractivity contribution < 1.29 is 14.6 Å². The minimum Gasteiger partial charge on any atom is -0.508 e. The van der Waals surface area contributed by atoms with E-state index in [9.17, 15) is 9.90 Å². The number of hydrogen-bond acceptors (Lipinski definition) is 4. The van der Waals surface area contributed by atoms with Crippen LogP contribution in [0.3, 0.4) is 0 Å². The Balaban J connectivity index is 1.87. The van der Waals surface area contributed by atoms with Crippen LogP contribution in [-0.2, 0) is 4.74 Å². The second-order valence-corrected chi connectivity index (χ2v) is 5.10. The van der Waals surface area contributed by atoms with Crippen molar-refractivity contribution >= 4 is 5.91 Å². The van der Waals surface area contributed by atoms with Crippen LogP contribution < -0.4 is 5.32 Å². The van der Waals surface area contributed by atoms with E-state index in [4.69, 9.17) is 4.74 Å². The molecule has 5 heteroatoms. The van der Waals surface area contributed by atoms with E-state index < -0.39 is 0 Å². The molecule has 1 unspecified atom stereocenters. The number of rotatable bonds is 4. The van der Waals surface area contributed by atoms with E-state index >= 15 is 0 Å². The molecule has 1 heterocycles. The molecule has 0 saturated carbocycles. The lowest BCUT2D eigenvalue weighted by Crippen LogP contribution is -2.47. The fourth-order valence-electron chi connectivity index (χ4n) is 2.25. The summed E-state index contributed by atoms with van der Waals surface area (Å²) in [5.74, 6) is -0.0405. The van der Waals surface area contributed by atoms with E-state index in [0.29, 0.717) is 18.7 Å². The van der Waals surface area contributed by atoms with E-state index in [1.54, 1.807) is 19.1 Å². The Morgan fingerprint density at radius 3 is 3.05 bits per heavy atom. The highest BCUT2D eigenvalue weighted by atomic mass is 16.5. The van der Waals surface area contributed by atoms with Crippen molar-refractivity contribution in [3.05, 3.63) is 29.3 Å². The average Bonchev–Trinajstić information content (AvgIpc) is 2.47. The maximum Gasteiger partial charge on any atom is 0.251 e. The van der Waals surface area contributed by atoms with E-state index in [2.05, 4.69) is 17.1 Å². The minimum atomic E-state index is -0.183. The molecule has 1 aliphatic rings. The van der Waals surface area contributed by atoms with Gasteiger partial charge in [-0.2, -0.15) is 0 Å². The third kappa shape index (κ3) is 3.71. The van der Waals surface area contributed by atoms with Crippen molar-refractivity contribution in [3.8, 4) is 5.75 Å². The number of morpholine rings is 1. The summed E-state index contributed by atoms with van der Waals surface area (Å²) in [6.45, 7) is 7.91. The highest BCUT2D eigenvalue weighted by Gasteiger charge is 2.20. The van der Waals surface area contributed by atoms with E-state index in [1.807, 2.05) is 0 Å². The summed E-state index contributed by atoms with van der Waals surface area (Å²) in [5, 5.41) is 12.5. The molecule has 2 N–H and O–H groups in total. The molecule has 1 aliphatic heterocycles.